The molecule has 0 saturated heterocycles. The Morgan fingerprint density at radius 3 is 2.57 bits per heavy atom. The summed E-state index contributed by atoms with van der Waals surface area (Å²) in [4.78, 5) is 24.4. The van der Waals surface area contributed by atoms with Gasteiger partial charge in [-0.05, 0) is 31.2 Å². The van der Waals surface area contributed by atoms with Crippen LogP contribution in [0.1, 0.15) is 23.7 Å². The summed E-state index contributed by atoms with van der Waals surface area (Å²) >= 11 is 0. The molecule has 2 aromatic carbocycles. The van der Waals surface area contributed by atoms with Gasteiger partial charge in [-0.25, -0.2) is 0 Å². The summed E-state index contributed by atoms with van der Waals surface area (Å²) in [7, 11) is 1.60. The van der Waals surface area contributed by atoms with Crippen molar-refractivity contribution in [1.82, 2.24) is 15.5 Å². The number of aromatic nitrogens is 2. The summed E-state index contributed by atoms with van der Waals surface area (Å²) in [6, 6.07) is 17.8. The minimum Gasteiger partial charge on any atom is -0.496 e. The van der Waals surface area contributed by atoms with Crippen LogP contribution < -0.4 is 15.4 Å². The lowest BCUT2D eigenvalue weighted by Crippen LogP contribution is -2.35. The number of H-pyrrole nitrogens is 1. The molecule has 7 nitrogen and oxygen atoms in total. The first-order chi connectivity index (χ1) is 13.6. The van der Waals surface area contributed by atoms with Gasteiger partial charge in [0.05, 0.1) is 12.8 Å². The number of amides is 2. The first-order valence-electron chi connectivity index (χ1n) is 8.91. The van der Waals surface area contributed by atoms with E-state index in [4.69, 9.17) is 4.74 Å². The SMILES string of the molecule is COc1ccccc1-c1cc(NC(=O)CC(C)NC(=O)c2ccccc2)n[nH]1. The molecule has 1 unspecified atom stereocenters. The fourth-order valence-corrected chi connectivity index (χ4v) is 2.81. The number of carbonyl (C=O) groups excluding carboxylic acids is 2. The lowest BCUT2D eigenvalue weighted by molar-refractivity contribution is -0.116. The molecule has 3 rings (SSSR count). The molecule has 7 heteroatoms. The molecule has 0 aliphatic carbocycles. The van der Waals surface area contributed by atoms with E-state index in [-0.39, 0.29) is 24.3 Å². The Morgan fingerprint density at radius 2 is 1.82 bits per heavy atom. The third kappa shape index (κ3) is 4.76. The Balaban J connectivity index is 1.56. The van der Waals surface area contributed by atoms with Gasteiger partial charge >= 0.3 is 0 Å². The molecule has 0 fully saturated rings. The van der Waals surface area contributed by atoms with E-state index in [9.17, 15) is 9.59 Å². The highest BCUT2D eigenvalue weighted by molar-refractivity contribution is 5.95. The van der Waals surface area contributed by atoms with Crippen LogP contribution in [-0.4, -0.2) is 35.2 Å². The number of hydrogen-bond donors (Lipinski definition) is 3. The van der Waals surface area contributed by atoms with E-state index in [1.165, 1.54) is 0 Å². The highest BCUT2D eigenvalue weighted by atomic mass is 16.5. The summed E-state index contributed by atoms with van der Waals surface area (Å²) in [5.74, 6) is 0.673. The molecule has 1 atom stereocenters. The van der Waals surface area contributed by atoms with Gasteiger partial charge in [-0.1, -0.05) is 30.3 Å². The maximum Gasteiger partial charge on any atom is 0.251 e. The summed E-state index contributed by atoms with van der Waals surface area (Å²) in [5, 5.41) is 12.6. The van der Waals surface area contributed by atoms with E-state index in [0.717, 1.165) is 11.3 Å². The first-order valence-corrected chi connectivity index (χ1v) is 8.91. The van der Waals surface area contributed by atoms with Crippen LogP contribution >= 0.6 is 0 Å². The Bertz CT molecular complexity index is 953. The fraction of sp³-hybridized carbons (Fsp3) is 0.190. The van der Waals surface area contributed by atoms with Crippen molar-refractivity contribution in [3.8, 4) is 17.0 Å². The molecule has 1 heterocycles. The average molecular weight is 378 g/mol. The highest BCUT2D eigenvalue weighted by Gasteiger charge is 2.15. The highest BCUT2D eigenvalue weighted by Crippen LogP contribution is 2.29. The maximum absolute atomic E-state index is 12.3. The van der Waals surface area contributed by atoms with Crippen molar-refractivity contribution in [3.63, 3.8) is 0 Å². The second-order valence-electron chi connectivity index (χ2n) is 6.36. The minimum atomic E-state index is -0.319. The van der Waals surface area contributed by atoms with E-state index < -0.39 is 0 Å². The van der Waals surface area contributed by atoms with Crippen molar-refractivity contribution in [1.29, 1.82) is 0 Å². The Labute approximate surface area is 163 Å². The number of nitrogens with one attached hydrogen (secondary N) is 3. The summed E-state index contributed by atoms with van der Waals surface area (Å²) in [6.45, 7) is 1.78. The molecule has 144 valence electrons. The van der Waals surface area contributed by atoms with Gasteiger partial charge in [0, 0.05) is 29.7 Å². The lowest BCUT2D eigenvalue weighted by Gasteiger charge is -2.13. The van der Waals surface area contributed by atoms with Crippen molar-refractivity contribution in [2.75, 3.05) is 12.4 Å². The number of methoxy groups -OCH3 is 1. The van der Waals surface area contributed by atoms with E-state index in [1.54, 1.807) is 44.4 Å². The number of hydrogen-bond acceptors (Lipinski definition) is 4. The molecule has 2 amide bonds. The Kier molecular flexibility index (Phi) is 6.06. The van der Waals surface area contributed by atoms with Crippen molar-refractivity contribution >= 4 is 17.6 Å². The monoisotopic (exact) mass is 378 g/mol. The van der Waals surface area contributed by atoms with E-state index in [0.29, 0.717) is 17.1 Å². The molecule has 0 bridgehead atoms. The van der Waals surface area contributed by atoms with E-state index in [2.05, 4.69) is 20.8 Å². The van der Waals surface area contributed by atoms with Gasteiger partial charge in [-0.2, -0.15) is 5.10 Å². The van der Waals surface area contributed by atoms with Crippen molar-refractivity contribution in [2.24, 2.45) is 0 Å². The van der Waals surface area contributed by atoms with Crippen LogP contribution in [0.25, 0.3) is 11.3 Å². The van der Waals surface area contributed by atoms with Crippen LogP contribution in [-0.2, 0) is 4.79 Å². The van der Waals surface area contributed by atoms with Gasteiger partial charge in [0.1, 0.15) is 5.75 Å². The molecule has 0 saturated carbocycles. The Hall–Kier alpha value is -3.61. The number of nitrogens with zero attached hydrogens (tertiary/aromatic N) is 1. The van der Waals surface area contributed by atoms with E-state index in [1.807, 2.05) is 30.3 Å². The second kappa shape index (κ2) is 8.85. The topological polar surface area (TPSA) is 96.1 Å². The maximum atomic E-state index is 12.3. The van der Waals surface area contributed by atoms with Gasteiger partial charge in [0.2, 0.25) is 5.91 Å². The molecule has 0 radical (unpaired) electrons. The zero-order valence-electron chi connectivity index (χ0n) is 15.7. The van der Waals surface area contributed by atoms with Gasteiger partial charge in [0.25, 0.3) is 5.91 Å². The van der Waals surface area contributed by atoms with E-state index >= 15 is 0 Å². The second-order valence-corrected chi connectivity index (χ2v) is 6.36. The molecular formula is C21H22N4O3. The molecule has 1 aromatic heterocycles. The summed E-state index contributed by atoms with van der Waals surface area (Å²) < 4.78 is 5.34. The van der Waals surface area contributed by atoms with Gasteiger partial charge in [-0.3, -0.25) is 14.7 Å². The molecule has 0 spiro atoms. The number of carbonyl (C=O) groups is 2. The van der Waals surface area contributed by atoms with Crippen molar-refractivity contribution < 1.29 is 14.3 Å². The number of benzene rings is 2. The van der Waals surface area contributed by atoms with Crippen LogP contribution in [0.5, 0.6) is 5.75 Å². The Morgan fingerprint density at radius 1 is 1.11 bits per heavy atom. The van der Waals surface area contributed by atoms with Gasteiger partial charge in [-0.15, -0.1) is 0 Å². The van der Waals surface area contributed by atoms with Crippen LogP contribution in [0.4, 0.5) is 5.82 Å². The van der Waals surface area contributed by atoms with Gasteiger partial charge in [0.15, 0.2) is 5.82 Å². The number of rotatable bonds is 7. The normalized spacial score (nSPS) is 11.5. The van der Waals surface area contributed by atoms with Gasteiger partial charge < -0.3 is 15.4 Å². The molecule has 28 heavy (non-hydrogen) atoms. The zero-order chi connectivity index (χ0) is 19.9. The first kappa shape index (κ1) is 19.2. The number of anilines is 1. The largest absolute Gasteiger partial charge is 0.496 e. The quantitative estimate of drug-likeness (QED) is 0.588. The van der Waals surface area contributed by atoms with Crippen LogP contribution in [0.15, 0.2) is 60.7 Å². The number of aromatic amines is 1. The number of ether oxygens (including phenoxy) is 1. The minimum absolute atomic E-state index is 0.134. The molecule has 0 aliphatic rings. The standard InChI is InChI=1S/C21H22N4O3/c1-14(22-21(27)15-8-4-3-5-9-15)12-20(26)23-19-13-17(24-25-19)16-10-6-7-11-18(16)28-2/h3-11,13-14H,12H2,1-2H3,(H,22,27)(H2,23,24,25,26). The zero-order valence-corrected chi connectivity index (χ0v) is 15.7. The van der Waals surface area contributed by atoms with Crippen LogP contribution in [0.3, 0.4) is 0 Å². The molecule has 3 aromatic rings. The predicted molar refractivity (Wildman–Crippen MR) is 107 cm³/mol. The van der Waals surface area contributed by atoms with Crippen molar-refractivity contribution in [3.05, 3.63) is 66.2 Å². The smallest absolute Gasteiger partial charge is 0.251 e. The molecular weight excluding hydrogens is 356 g/mol. The van der Waals surface area contributed by atoms with Crippen molar-refractivity contribution in [2.45, 2.75) is 19.4 Å². The third-order valence-corrected chi connectivity index (χ3v) is 4.15. The molecule has 0 aliphatic heterocycles. The number of para-hydroxylation sites is 1. The third-order valence-electron chi connectivity index (χ3n) is 4.15. The fourth-order valence-electron chi connectivity index (χ4n) is 2.81. The predicted octanol–water partition coefficient (Wildman–Crippen LogP) is 3.23. The summed E-state index contributed by atoms with van der Waals surface area (Å²) in [6.07, 6.45) is 0.134. The molecule has 3 N–H and O–H groups in total. The summed E-state index contributed by atoms with van der Waals surface area (Å²) in [5.41, 5.74) is 2.14. The van der Waals surface area contributed by atoms with Crippen LogP contribution in [0, 0.1) is 0 Å². The average Bonchev–Trinajstić information content (AvgIpc) is 3.16. The lowest BCUT2D eigenvalue weighted by atomic mass is 10.1. The van der Waals surface area contributed by atoms with Crippen LogP contribution in [0.2, 0.25) is 0 Å².